The first-order valence-electron chi connectivity index (χ1n) is 17.2. The number of nitrogens with one attached hydrogen (secondary N) is 2. The van der Waals surface area contributed by atoms with Gasteiger partial charge in [0.15, 0.2) is 11.9 Å². The van der Waals surface area contributed by atoms with E-state index in [2.05, 4.69) is 43.2 Å². The number of likely N-dealkylation sites (N-methyl/N-ethyl adjacent to an activating group) is 2. The quantitative estimate of drug-likeness (QED) is 0.276. The fourth-order valence-electron chi connectivity index (χ4n) is 8.33. The molecule has 13 atom stereocenters. The number of Topliss-reactive ketones (excluding diaryl/α,β-unsaturated/α-hetero) is 1. The molecule has 3 aliphatic heterocycles. The second kappa shape index (κ2) is 14.3. The van der Waals surface area contributed by atoms with Crippen LogP contribution in [0.5, 0.6) is 0 Å². The Labute approximate surface area is 275 Å². The fourth-order valence-corrected chi connectivity index (χ4v) is 8.33. The first-order chi connectivity index (χ1) is 21.4. The van der Waals surface area contributed by atoms with Gasteiger partial charge in [0.05, 0.1) is 18.2 Å². The van der Waals surface area contributed by atoms with Gasteiger partial charge in [-0.1, -0.05) is 41.5 Å². The van der Waals surface area contributed by atoms with Crippen molar-refractivity contribution in [3.05, 3.63) is 0 Å². The largest absolute Gasteiger partial charge is 0.458 e. The number of aliphatic hydroxyl groups excluding tert-OH is 1. The van der Waals surface area contributed by atoms with E-state index in [1.807, 2.05) is 46.8 Å². The van der Waals surface area contributed by atoms with Crippen LogP contribution in [0, 0.1) is 23.2 Å². The fraction of sp³-hybridized carbons (Fsp3) is 0.912. The second-order valence-electron chi connectivity index (χ2n) is 15.5. The molecule has 2 unspecified atom stereocenters. The van der Waals surface area contributed by atoms with E-state index in [1.54, 1.807) is 6.92 Å². The smallest absolute Gasteiger partial charge is 0.408 e. The summed E-state index contributed by atoms with van der Waals surface area (Å²) in [5.41, 5.74) is -1.49. The maximum absolute atomic E-state index is 13.8. The minimum Gasteiger partial charge on any atom is -0.458 e. The predicted molar refractivity (Wildman–Crippen MR) is 173 cm³/mol. The Bertz CT molecular complexity index is 1110. The van der Waals surface area contributed by atoms with E-state index in [4.69, 9.17) is 18.9 Å². The topological polar surface area (TPSA) is 139 Å². The molecular formula is C34H60N4O8. The van der Waals surface area contributed by atoms with Gasteiger partial charge in [-0.2, -0.15) is 0 Å². The number of rotatable bonds is 7. The molecule has 0 aromatic heterocycles. The molecule has 3 N–H and O–H groups in total. The lowest BCUT2D eigenvalue weighted by Crippen LogP contribution is -2.60. The zero-order valence-electron chi connectivity index (χ0n) is 29.9. The number of esters is 1. The third kappa shape index (κ3) is 7.57. The summed E-state index contributed by atoms with van der Waals surface area (Å²) in [5.74, 6) is -1.15. The zero-order chi connectivity index (χ0) is 34.3. The van der Waals surface area contributed by atoms with Crippen molar-refractivity contribution in [2.24, 2.45) is 23.2 Å². The highest BCUT2D eigenvalue weighted by molar-refractivity contribution is 5.97. The van der Waals surface area contributed by atoms with Crippen LogP contribution < -0.4 is 10.6 Å². The molecule has 3 heterocycles. The van der Waals surface area contributed by atoms with Crippen molar-refractivity contribution in [2.75, 3.05) is 34.2 Å². The van der Waals surface area contributed by atoms with Crippen LogP contribution in [0.2, 0.25) is 0 Å². The van der Waals surface area contributed by atoms with Gasteiger partial charge in [0.1, 0.15) is 24.4 Å². The van der Waals surface area contributed by atoms with Gasteiger partial charge < -0.3 is 44.5 Å². The predicted octanol–water partition coefficient (Wildman–Crippen LogP) is 2.56. The molecule has 0 radical (unpaired) electrons. The Morgan fingerprint density at radius 3 is 2.46 bits per heavy atom. The van der Waals surface area contributed by atoms with E-state index in [9.17, 15) is 19.5 Å². The summed E-state index contributed by atoms with van der Waals surface area (Å²) < 4.78 is 24.9. The third-order valence-electron chi connectivity index (χ3n) is 11.4. The molecule has 0 spiro atoms. The van der Waals surface area contributed by atoms with Gasteiger partial charge in [0.2, 0.25) is 0 Å². The normalized spacial score (nSPS) is 44.5. The van der Waals surface area contributed by atoms with E-state index in [-0.39, 0.29) is 47.3 Å². The molecule has 0 aromatic rings. The molecule has 0 bridgehead atoms. The van der Waals surface area contributed by atoms with Crippen LogP contribution in [-0.4, -0.2) is 127 Å². The number of ether oxygens (including phenoxy) is 4. The van der Waals surface area contributed by atoms with Gasteiger partial charge in [-0.25, -0.2) is 4.79 Å². The Morgan fingerprint density at radius 1 is 1.17 bits per heavy atom. The van der Waals surface area contributed by atoms with Crippen LogP contribution in [0.25, 0.3) is 0 Å². The monoisotopic (exact) mass is 652 g/mol. The Morgan fingerprint density at radius 2 is 1.85 bits per heavy atom. The van der Waals surface area contributed by atoms with Gasteiger partial charge >= 0.3 is 12.1 Å². The molecule has 4 fully saturated rings. The van der Waals surface area contributed by atoms with Gasteiger partial charge in [0.25, 0.3) is 0 Å². The highest BCUT2D eigenvalue weighted by Gasteiger charge is 2.62. The SMILES string of the molecule is CC[C@H]1OC(=O)CC(=O)[C@H](C)[C@@H](O[C@@H]2O[C@H](CNC(C)C)CC(N(C)C)[C@H]2O)[C@]2(C)CC2[C@@H](C)CN(C)[C@H](C)[C@H]2NC(=O)O[C@@]21C. The summed E-state index contributed by atoms with van der Waals surface area (Å²) >= 11 is 0. The number of alkyl carbamates (subject to hydrolysis) is 1. The molecule has 1 aliphatic carbocycles. The summed E-state index contributed by atoms with van der Waals surface area (Å²) in [6.07, 6.45) is -2.45. The van der Waals surface area contributed by atoms with Crippen molar-refractivity contribution in [2.45, 2.75) is 142 Å². The minimum atomic E-state index is -1.11. The molecule has 4 rings (SSSR count). The standard InChI is InChI=1S/C34H60N4O8/c1-12-26-34(8)29(36-32(42)46-34)21(6)38(11)17-19(4)23-15-33(23,7)30(20(5)25(39)14-27(40)44-26)45-31-28(41)24(37(9)10)13-22(43-31)16-35-18(2)3/h18-24,26,28-31,35,41H,12-17H2,1-11H3,(H,36,42)/t19-,20-,21+,22-,23?,24?,26+,28+,29+,30+,31-,33+,34+/m0/s1. The number of aliphatic hydroxyl groups is 1. The summed E-state index contributed by atoms with van der Waals surface area (Å²) in [6.45, 7) is 17.4. The Kier molecular flexibility index (Phi) is 11.5. The number of carbonyl (C=O) groups excluding carboxylic acids is 3. The maximum Gasteiger partial charge on any atom is 0.408 e. The van der Waals surface area contributed by atoms with E-state index in [1.165, 1.54) is 0 Å². The van der Waals surface area contributed by atoms with E-state index < -0.39 is 60.6 Å². The van der Waals surface area contributed by atoms with Gasteiger partial charge in [-0.3, -0.25) is 9.59 Å². The molecule has 264 valence electrons. The van der Waals surface area contributed by atoms with Crippen molar-refractivity contribution in [1.29, 1.82) is 0 Å². The van der Waals surface area contributed by atoms with Gasteiger partial charge in [0, 0.05) is 37.1 Å². The van der Waals surface area contributed by atoms with Crippen LogP contribution in [0.15, 0.2) is 0 Å². The molecule has 0 aromatic carbocycles. The van der Waals surface area contributed by atoms with Crippen LogP contribution >= 0.6 is 0 Å². The van der Waals surface area contributed by atoms with Crippen LogP contribution in [-0.2, 0) is 28.5 Å². The van der Waals surface area contributed by atoms with Gasteiger partial charge in [-0.05, 0) is 71.5 Å². The zero-order valence-corrected chi connectivity index (χ0v) is 29.9. The Balaban J connectivity index is 1.65. The first-order valence-corrected chi connectivity index (χ1v) is 17.2. The average Bonchev–Trinajstić information content (AvgIpc) is 3.57. The molecular weight excluding hydrogens is 592 g/mol. The summed E-state index contributed by atoms with van der Waals surface area (Å²) in [5, 5.41) is 17.9. The molecule has 46 heavy (non-hydrogen) atoms. The van der Waals surface area contributed by atoms with Crippen LogP contribution in [0.3, 0.4) is 0 Å². The Hall–Kier alpha value is -1.83. The molecule has 1 amide bonds. The summed E-state index contributed by atoms with van der Waals surface area (Å²) in [7, 11) is 5.92. The molecule has 12 heteroatoms. The summed E-state index contributed by atoms with van der Waals surface area (Å²) in [6, 6.07) is -0.462. The van der Waals surface area contributed by atoms with Crippen molar-refractivity contribution in [3.8, 4) is 0 Å². The molecule has 12 nitrogen and oxygen atoms in total. The average molecular weight is 653 g/mol. The number of hydrogen-bond acceptors (Lipinski definition) is 11. The second-order valence-corrected chi connectivity index (χ2v) is 15.5. The number of amides is 1. The lowest BCUT2D eigenvalue weighted by Gasteiger charge is -2.44. The lowest BCUT2D eigenvalue weighted by atomic mass is 9.82. The van der Waals surface area contributed by atoms with Crippen molar-refractivity contribution in [3.63, 3.8) is 0 Å². The third-order valence-corrected chi connectivity index (χ3v) is 11.4. The number of fused-ring (bicyclic) bond motifs is 2. The summed E-state index contributed by atoms with van der Waals surface area (Å²) in [4.78, 5) is 43.9. The number of hydrogen-bond donors (Lipinski definition) is 3. The van der Waals surface area contributed by atoms with Gasteiger partial charge in [-0.15, -0.1) is 0 Å². The number of nitrogens with zero attached hydrogens (tertiary/aromatic N) is 2. The molecule has 1 saturated carbocycles. The van der Waals surface area contributed by atoms with E-state index in [0.29, 0.717) is 19.4 Å². The molecule has 3 saturated heterocycles. The van der Waals surface area contributed by atoms with Crippen molar-refractivity contribution >= 4 is 17.8 Å². The van der Waals surface area contributed by atoms with E-state index in [0.717, 1.165) is 13.0 Å². The molecule has 4 aliphatic rings. The number of cyclic esters (lactones) is 1. The maximum atomic E-state index is 13.8. The minimum absolute atomic E-state index is 0.125. The number of ketones is 1. The van der Waals surface area contributed by atoms with Crippen molar-refractivity contribution in [1.82, 2.24) is 20.4 Å². The number of carbonyl (C=O) groups is 3. The first kappa shape index (κ1) is 37.0. The van der Waals surface area contributed by atoms with E-state index >= 15 is 0 Å². The van der Waals surface area contributed by atoms with Crippen LogP contribution in [0.1, 0.15) is 81.1 Å². The van der Waals surface area contributed by atoms with Crippen molar-refractivity contribution < 1.29 is 38.4 Å². The highest BCUT2D eigenvalue weighted by atomic mass is 16.7. The highest BCUT2D eigenvalue weighted by Crippen LogP contribution is 2.61. The lowest BCUT2D eigenvalue weighted by molar-refractivity contribution is -0.282. The van der Waals surface area contributed by atoms with Crippen LogP contribution in [0.4, 0.5) is 4.79 Å².